The highest BCUT2D eigenvalue weighted by molar-refractivity contribution is 14.0. The van der Waals surface area contributed by atoms with Gasteiger partial charge < -0.3 is 10.6 Å². The monoisotopic (exact) mass is 514 g/mol. The molecule has 160 valence electrons. The van der Waals surface area contributed by atoms with Crippen molar-refractivity contribution in [1.82, 2.24) is 14.9 Å². The summed E-state index contributed by atoms with van der Waals surface area (Å²) in [6, 6.07) is 0.294. The number of piperidine rings is 1. The summed E-state index contributed by atoms with van der Waals surface area (Å²) in [6.45, 7) is 9.24. The van der Waals surface area contributed by atoms with E-state index in [1.165, 1.54) is 32.1 Å². The molecule has 2 N–H and O–H groups in total. The van der Waals surface area contributed by atoms with Crippen LogP contribution in [0.5, 0.6) is 0 Å². The van der Waals surface area contributed by atoms with Crippen molar-refractivity contribution in [2.24, 2.45) is 10.4 Å². The molecule has 1 heterocycles. The van der Waals surface area contributed by atoms with Gasteiger partial charge in [-0.05, 0) is 50.9 Å². The van der Waals surface area contributed by atoms with E-state index < -0.39 is 10.0 Å². The zero-order valence-electron chi connectivity index (χ0n) is 17.3. The second kappa shape index (κ2) is 11.8. The average Bonchev–Trinajstić information content (AvgIpc) is 3.10. The molecule has 2 aliphatic rings. The summed E-state index contributed by atoms with van der Waals surface area (Å²) in [5.41, 5.74) is 0.389. The predicted molar refractivity (Wildman–Crippen MR) is 124 cm³/mol. The Bertz CT molecular complexity index is 554. The van der Waals surface area contributed by atoms with E-state index in [2.05, 4.69) is 24.5 Å². The van der Waals surface area contributed by atoms with Crippen LogP contribution in [0.3, 0.4) is 0 Å². The standard InChI is InChI=1S/C19H38N4O2S.HI/c1-4-15-26(24,25)23-13-9-17(10-14-23)22-18(20-6-3)21-16-19(5-2)11-7-8-12-19;/h17H,4-16H2,1-3H3,(H2,20,21,22);1H. The zero-order chi connectivity index (χ0) is 19.0. The van der Waals surface area contributed by atoms with Gasteiger partial charge in [0.25, 0.3) is 0 Å². The van der Waals surface area contributed by atoms with E-state index in [9.17, 15) is 8.42 Å². The number of hydrogen-bond donors (Lipinski definition) is 2. The molecule has 1 saturated carbocycles. The van der Waals surface area contributed by atoms with Crippen LogP contribution < -0.4 is 10.6 Å². The Labute approximate surface area is 183 Å². The second-order valence-corrected chi connectivity index (χ2v) is 9.98. The average molecular weight is 515 g/mol. The van der Waals surface area contributed by atoms with E-state index >= 15 is 0 Å². The lowest BCUT2D eigenvalue weighted by Gasteiger charge is -2.32. The topological polar surface area (TPSA) is 73.8 Å². The minimum atomic E-state index is -3.07. The van der Waals surface area contributed by atoms with Crippen molar-refractivity contribution in [3.05, 3.63) is 0 Å². The highest BCUT2D eigenvalue weighted by Crippen LogP contribution is 2.41. The smallest absolute Gasteiger partial charge is 0.214 e. The molecule has 8 heteroatoms. The van der Waals surface area contributed by atoms with E-state index in [4.69, 9.17) is 4.99 Å². The molecule has 0 amide bonds. The minimum absolute atomic E-state index is 0. The maximum absolute atomic E-state index is 12.2. The van der Waals surface area contributed by atoms with Gasteiger partial charge in [-0.25, -0.2) is 12.7 Å². The Kier molecular flexibility index (Phi) is 10.9. The van der Waals surface area contributed by atoms with Crippen molar-refractivity contribution in [1.29, 1.82) is 0 Å². The predicted octanol–water partition coefficient (Wildman–Crippen LogP) is 3.33. The van der Waals surface area contributed by atoms with Crippen molar-refractivity contribution in [3.8, 4) is 0 Å². The fourth-order valence-electron chi connectivity index (χ4n) is 4.17. The van der Waals surface area contributed by atoms with Gasteiger partial charge in [0.2, 0.25) is 10.0 Å². The van der Waals surface area contributed by atoms with Crippen LogP contribution >= 0.6 is 24.0 Å². The highest BCUT2D eigenvalue weighted by atomic mass is 127. The number of guanidine groups is 1. The lowest BCUT2D eigenvalue weighted by molar-refractivity contribution is 0.293. The third-order valence-electron chi connectivity index (χ3n) is 5.98. The molecule has 1 aliphatic heterocycles. The maximum Gasteiger partial charge on any atom is 0.214 e. The zero-order valence-corrected chi connectivity index (χ0v) is 20.4. The first-order valence-electron chi connectivity index (χ1n) is 10.5. The van der Waals surface area contributed by atoms with Crippen molar-refractivity contribution >= 4 is 40.0 Å². The quantitative estimate of drug-likeness (QED) is 0.296. The van der Waals surface area contributed by atoms with Gasteiger partial charge in [0, 0.05) is 32.2 Å². The SMILES string of the molecule is CCCS(=O)(=O)N1CCC(NC(=NCC2(CC)CCCC2)NCC)CC1.I. The van der Waals surface area contributed by atoms with E-state index in [-0.39, 0.29) is 29.7 Å². The Morgan fingerprint density at radius 1 is 1.15 bits per heavy atom. The van der Waals surface area contributed by atoms with Crippen molar-refractivity contribution in [2.75, 3.05) is 31.9 Å². The van der Waals surface area contributed by atoms with Crippen LogP contribution in [-0.2, 0) is 10.0 Å². The number of nitrogens with one attached hydrogen (secondary N) is 2. The summed E-state index contributed by atoms with van der Waals surface area (Å²) >= 11 is 0. The third kappa shape index (κ3) is 7.34. The third-order valence-corrected chi connectivity index (χ3v) is 8.06. The van der Waals surface area contributed by atoms with Gasteiger partial charge in [0.1, 0.15) is 0 Å². The van der Waals surface area contributed by atoms with Crippen molar-refractivity contribution < 1.29 is 8.42 Å². The van der Waals surface area contributed by atoms with Gasteiger partial charge in [-0.3, -0.25) is 4.99 Å². The molecule has 0 aromatic carbocycles. The normalized spacial score (nSPS) is 21.7. The van der Waals surface area contributed by atoms with Gasteiger partial charge in [0.05, 0.1) is 5.75 Å². The van der Waals surface area contributed by atoms with Crippen LogP contribution in [-0.4, -0.2) is 56.7 Å². The van der Waals surface area contributed by atoms with E-state index in [0.29, 0.717) is 31.0 Å². The molecule has 2 rings (SSSR count). The summed E-state index contributed by atoms with van der Waals surface area (Å²) in [5.74, 6) is 1.15. The molecule has 0 unspecified atom stereocenters. The Hall–Kier alpha value is -0.0900. The van der Waals surface area contributed by atoms with Gasteiger partial charge in [-0.1, -0.05) is 26.7 Å². The first kappa shape index (κ1) is 24.9. The Balaban J connectivity index is 0.00000364. The Morgan fingerprint density at radius 2 is 1.78 bits per heavy atom. The Morgan fingerprint density at radius 3 is 2.30 bits per heavy atom. The van der Waals surface area contributed by atoms with Crippen LogP contribution in [0.4, 0.5) is 0 Å². The number of nitrogens with zero attached hydrogens (tertiary/aromatic N) is 2. The van der Waals surface area contributed by atoms with Gasteiger partial charge in [-0.15, -0.1) is 24.0 Å². The first-order chi connectivity index (χ1) is 12.4. The molecular formula is C19H39IN4O2S. The van der Waals surface area contributed by atoms with Gasteiger partial charge in [0.15, 0.2) is 5.96 Å². The molecule has 0 spiro atoms. The first-order valence-corrected chi connectivity index (χ1v) is 12.1. The van der Waals surface area contributed by atoms with Crippen LogP contribution in [0.25, 0.3) is 0 Å². The number of aliphatic imine (C=N–C) groups is 1. The van der Waals surface area contributed by atoms with E-state index in [0.717, 1.165) is 31.9 Å². The molecule has 1 saturated heterocycles. The summed E-state index contributed by atoms with van der Waals surface area (Å²) in [6.07, 6.45) is 8.80. The van der Waals surface area contributed by atoms with E-state index in [1.807, 2.05) is 6.92 Å². The molecule has 0 atom stereocenters. The number of hydrogen-bond acceptors (Lipinski definition) is 3. The molecule has 27 heavy (non-hydrogen) atoms. The second-order valence-electron chi connectivity index (χ2n) is 7.89. The summed E-state index contributed by atoms with van der Waals surface area (Å²) < 4.78 is 26.1. The molecule has 6 nitrogen and oxygen atoms in total. The van der Waals surface area contributed by atoms with Crippen LogP contribution in [0, 0.1) is 5.41 Å². The highest BCUT2D eigenvalue weighted by Gasteiger charge is 2.32. The molecule has 0 radical (unpaired) electrons. The summed E-state index contributed by atoms with van der Waals surface area (Å²) in [4.78, 5) is 4.89. The molecule has 0 aromatic rings. The largest absolute Gasteiger partial charge is 0.357 e. The van der Waals surface area contributed by atoms with Gasteiger partial charge in [-0.2, -0.15) is 0 Å². The minimum Gasteiger partial charge on any atom is -0.357 e. The summed E-state index contributed by atoms with van der Waals surface area (Å²) in [5, 5.41) is 6.91. The lowest BCUT2D eigenvalue weighted by atomic mass is 9.84. The van der Waals surface area contributed by atoms with Crippen LogP contribution in [0.2, 0.25) is 0 Å². The van der Waals surface area contributed by atoms with Crippen molar-refractivity contribution in [3.63, 3.8) is 0 Å². The van der Waals surface area contributed by atoms with E-state index in [1.54, 1.807) is 4.31 Å². The lowest BCUT2D eigenvalue weighted by Crippen LogP contribution is -2.50. The fraction of sp³-hybridized carbons (Fsp3) is 0.947. The molecule has 0 bridgehead atoms. The number of rotatable bonds is 8. The molecular weight excluding hydrogens is 475 g/mol. The van der Waals surface area contributed by atoms with Crippen molar-refractivity contribution in [2.45, 2.75) is 78.2 Å². The number of sulfonamides is 1. The summed E-state index contributed by atoms with van der Waals surface area (Å²) in [7, 11) is -3.07. The molecule has 0 aromatic heterocycles. The maximum atomic E-state index is 12.2. The molecule has 2 fully saturated rings. The van der Waals surface area contributed by atoms with Crippen LogP contribution in [0.15, 0.2) is 4.99 Å². The number of halogens is 1. The van der Waals surface area contributed by atoms with Gasteiger partial charge >= 0.3 is 0 Å². The fourth-order valence-corrected chi connectivity index (χ4v) is 5.72. The van der Waals surface area contributed by atoms with Crippen LogP contribution in [0.1, 0.15) is 72.1 Å². The molecule has 1 aliphatic carbocycles.